The number of anilines is 5. The molecule has 19 heteroatoms. The number of hydrogen-bond acceptors (Lipinski definition) is 15. The minimum absolute atomic E-state index is 0.189. The van der Waals surface area contributed by atoms with E-state index in [2.05, 4.69) is 80.6 Å². The number of halogens is 1. The van der Waals surface area contributed by atoms with Crippen molar-refractivity contribution in [3.8, 4) is 5.75 Å². The van der Waals surface area contributed by atoms with Crippen molar-refractivity contribution in [1.29, 1.82) is 0 Å². The Morgan fingerprint density at radius 1 is 0.896 bits per heavy atom. The lowest BCUT2D eigenvalue weighted by Gasteiger charge is -2.43. The van der Waals surface area contributed by atoms with Crippen molar-refractivity contribution in [1.82, 2.24) is 39.6 Å². The van der Waals surface area contributed by atoms with Gasteiger partial charge in [0, 0.05) is 99.5 Å². The van der Waals surface area contributed by atoms with E-state index < -0.39 is 24.8 Å². The highest BCUT2D eigenvalue weighted by atomic mass is 79.9. The molecule has 17 nitrogen and oxygen atoms in total. The Hall–Kier alpha value is -5.68. The number of imide groups is 1. The number of hydrogen-bond donors (Lipinski definition) is 3. The second kappa shape index (κ2) is 19.5. The van der Waals surface area contributed by atoms with Gasteiger partial charge in [0.2, 0.25) is 17.8 Å². The normalized spacial score (nSPS) is 17.9. The second-order valence-corrected chi connectivity index (χ2v) is 21.9. The summed E-state index contributed by atoms with van der Waals surface area (Å²) in [6, 6.07) is 13.6. The van der Waals surface area contributed by atoms with E-state index in [1.807, 2.05) is 37.3 Å². The number of nitrogens with one attached hydrogen (secondary N) is 3. The summed E-state index contributed by atoms with van der Waals surface area (Å²) in [7, 11) is -1.10. The summed E-state index contributed by atoms with van der Waals surface area (Å²) in [5, 5.41) is 10.6. The first-order chi connectivity index (χ1) is 32.3. The highest BCUT2D eigenvalue weighted by Crippen LogP contribution is 2.42. The molecule has 0 aliphatic carbocycles. The molecule has 3 fully saturated rings. The number of carbonyl (C=O) groups excluding carboxylic acids is 2. The highest BCUT2D eigenvalue weighted by molar-refractivity contribution is 9.10. The molecular formula is C48H57BrN11O6P. The molecule has 6 heterocycles. The van der Waals surface area contributed by atoms with Crippen LogP contribution in [0, 0.1) is 0 Å². The minimum Gasteiger partial charge on any atom is -0.494 e. The Kier molecular flexibility index (Phi) is 13.5. The standard InChI is InChI=1S/C48H57BrN11O6P/c1-6-30-25-36(54-47-51-28-33(49)45(56-47)53-35-10-9-34-32(44(35)67(4,5)64)27-50-42(7-2)52-34)40(65-3)26-39(30)59-18-15-31(16-19-59)58-22-20-57(21-23-58)17-14-29-8-11-37-41(24-29)66-48(63)60(37)38-12-13-43(61)55-46(38)62/h8-11,24-28,31,38H,6-7,12-23H2,1-5H3,(H,55,61,62)(H2,51,53,54,56). The Morgan fingerprint density at radius 2 is 1.69 bits per heavy atom. The van der Waals surface area contributed by atoms with Gasteiger partial charge in [0.15, 0.2) is 5.58 Å². The van der Waals surface area contributed by atoms with E-state index in [4.69, 9.17) is 14.1 Å². The van der Waals surface area contributed by atoms with Crippen molar-refractivity contribution in [2.45, 2.75) is 70.9 Å². The minimum atomic E-state index is -2.78. The first kappa shape index (κ1) is 46.4. The zero-order valence-corrected chi connectivity index (χ0v) is 41.1. The molecule has 1 unspecified atom stereocenters. The highest BCUT2D eigenvalue weighted by Gasteiger charge is 2.32. The molecule has 0 radical (unpaired) electrons. The van der Waals surface area contributed by atoms with E-state index in [9.17, 15) is 18.9 Å². The van der Waals surface area contributed by atoms with E-state index in [0.29, 0.717) is 56.5 Å². The Bertz CT molecular complexity index is 2960. The lowest BCUT2D eigenvalue weighted by molar-refractivity contribution is -0.135. The van der Waals surface area contributed by atoms with Crippen LogP contribution in [0.4, 0.5) is 28.8 Å². The molecule has 2 amide bonds. The summed E-state index contributed by atoms with van der Waals surface area (Å²) < 4.78 is 27.3. The number of piperidine rings is 2. The maximum absolute atomic E-state index is 13.7. The van der Waals surface area contributed by atoms with E-state index >= 15 is 0 Å². The van der Waals surface area contributed by atoms with E-state index in [1.54, 1.807) is 32.8 Å². The van der Waals surface area contributed by atoms with Gasteiger partial charge in [0.1, 0.15) is 30.6 Å². The van der Waals surface area contributed by atoms with Crippen LogP contribution in [0.25, 0.3) is 22.0 Å². The van der Waals surface area contributed by atoms with Crippen LogP contribution in [-0.2, 0) is 33.4 Å². The number of fused-ring (bicyclic) bond motifs is 2. The molecule has 0 bridgehead atoms. The predicted molar refractivity (Wildman–Crippen MR) is 266 cm³/mol. The number of carbonyl (C=O) groups is 2. The lowest BCUT2D eigenvalue weighted by Crippen LogP contribution is -2.53. The summed E-state index contributed by atoms with van der Waals surface area (Å²) in [5.41, 5.74) is 6.68. The number of aryl methyl sites for hydroxylation is 2. The van der Waals surface area contributed by atoms with Gasteiger partial charge in [0.25, 0.3) is 0 Å². The third-order valence-corrected chi connectivity index (χ3v) is 15.5. The number of amides is 2. The van der Waals surface area contributed by atoms with Crippen molar-refractivity contribution in [3.63, 3.8) is 0 Å². The molecule has 0 saturated carbocycles. The first-order valence-electron chi connectivity index (χ1n) is 23.1. The molecule has 352 valence electrons. The van der Waals surface area contributed by atoms with Crippen LogP contribution in [0.2, 0.25) is 0 Å². The van der Waals surface area contributed by atoms with Gasteiger partial charge < -0.3 is 34.2 Å². The average molecular weight is 995 g/mol. The summed E-state index contributed by atoms with van der Waals surface area (Å²) in [5.74, 6) is 0.954. The average Bonchev–Trinajstić information content (AvgIpc) is 3.65. The zero-order chi connectivity index (χ0) is 47.0. The third-order valence-electron chi connectivity index (χ3n) is 13.3. The van der Waals surface area contributed by atoms with Gasteiger partial charge in [-0.25, -0.2) is 19.7 Å². The fourth-order valence-electron chi connectivity index (χ4n) is 9.77. The van der Waals surface area contributed by atoms with Crippen LogP contribution < -0.4 is 36.6 Å². The van der Waals surface area contributed by atoms with Gasteiger partial charge in [-0.05, 0) is 103 Å². The van der Waals surface area contributed by atoms with E-state index in [-0.39, 0.29) is 18.7 Å². The number of ether oxygens (including phenoxy) is 1. The number of oxazole rings is 1. The van der Waals surface area contributed by atoms with Crippen molar-refractivity contribution in [3.05, 3.63) is 86.8 Å². The number of rotatable bonds is 14. The molecule has 1 atom stereocenters. The molecule has 3 saturated heterocycles. The summed E-state index contributed by atoms with van der Waals surface area (Å²) in [6.45, 7) is 14.5. The van der Waals surface area contributed by atoms with Crippen molar-refractivity contribution >= 4 is 91.0 Å². The quantitative estimate of drug-likeness (QED) is 0.0765. The maximum Gasteiger partial charge on any atom is 0.420 e. The number of piperazine rings is 1. The van der Waals surface area contributed by atoms with Crippen LogP contribution in [0.5, 0.6) is 5.75 Å². The van der Waals surface area contributed by atoms with Crippen LogP contribution >= 0.6 is 23.1 Å². The lowest BCUT2D eigenvalue weighted by atomic mass is 9.99. The largest absolute Gasteiger partial charge is 0.494 e. The van der Waals surface area contributed by atoms with Crippen LogP contribution in [0.15, 0.2) is 68.5 Å². The molecule has 3 aromatic carbocycles. The number of benzene rings is 3. The molecule has 9 rings (SSSR count). The van der Waals surface area contributed by atoms with Gasteiger partial charge in [-0.3, -0.25) is 24.4 Å². The van der Waals surface area contributed by atoms with Gasteiger partial charge in [-0.15, -0.1) is 0 Å². The Morgan fingerprint density at radius 3 is 2.40 bits per heavy atom. The summed E-state index contributed by atoms with van der Waals surface area (Å²) in [6.07, 6.45) is 8.44. The van der Waals surface area contributed by atoms with Crippen molar-refractivity contribution in [2.75, 3.05) is 81.8 Å². The smallest absolute Gasteiger partial charge is 0.420 e. The van der Waals surface area contributed by atoms with E-state index in [1.165, 1.54) is 15.8 Å². The predicted octanol–water partition coefficient (Wildman–Crippen LogP) is 6.77. The molecule has 3 aliphatic rings. The molecule has 3 aliphatic heterocycles. The van der Waals surface area contributed by atoms with Gasteiger partial charge in [0.05, 0.1) is 34.0 Å². The molecule has 6 aromatic rings. The number of methoxy groups -OCH3 is 1. The number of nitrogens with zero attached hydrogens (tertiary/aromatic N) is 8. The van der Waals surface area contributed by atoms with Crippen LogP contribution in [0.1, 0.15) is 62.5 Å². The molecular weight excluding hydrogens is 937 g/mol. The Labute approximate surface area is 397 Å². The first-order valence-corrected chi connectivity index (χ1v) is 26.5. The Balaban J connectivity index is 0.804. The zero-order valence-electron chi connectivity index (χ0n) is 38.6. The van der Waals surface area contributed by atoms with Crippen molar-refractivity contribution in [2.24, 2.45) is 0 Å². The molecule has 3 aromatic heterocycles. The van der Waals surface area contributed by atoms with Gasteiger partial charge >= 0.3 is 5.76 Å². The summed E-state index contributed by atoms with van der Waals surface area (Å²) in [4.78, 5) is 63.2. The van der Waals surface area contributed by atoms with Gasteiger partial charge in [-0.2, -0.15) is 4.98 Å². The fraction of sp³-hybridized carbons (Fsp3) is 0.438. The topological polar surface area (TPSA) is 193 Å². The summed E-state index contributed by atoms with van der Waals surface area (Å²) >= 11 is 3.62. The number of aromatic nitrogens is 5. The molecule has 3 N–H and O–H groups in total. The van der Waals surface area contributed by atoms with E-state index in [0.717, 1.165) is 99.5 Å². The second-order valence-electron chi connectivity index (χ2n) is 17.9. The third kappa shape index (κ3) is 9.85. The molecule has 67 heavy (non-hydrogen) atoms. The SMILES string of the molecule is CCc1ncc2c(P(C)(C)=O)c(Nc3nc(Nc4cc(CC)c(N5CCC(N6CCN(CCc7ccc8c(c7)oc(=O)n8C7CCC(=O)NC7=O)CC6)CC5)cc4OC)ncc3Br)ccc2n1. The van der Waals surface area contributed by atoms with Crippen molar-refractivity contribution < 1.29 is 23.3 Å². The van der Waals surface area contributed by atoms with Gasteiger partial charge in [-0.1, -0.05) is 19.9 Å². The van der Waals surface area contributed by atoms with Crippen LogP contribution in [-0.4, -0.2) is 118 Å². The fourth-order valence-corrected chi connectivity index (χ4v) is 11.5. The maximum atomic E-state index is 13.7. The monoisotopic (exact) mass is 993 g/mol. The molecule has 0 spiro atoms. The van der Waals surface area contributed by atoms with Crippen LogP contribution in [0.3, 0.4) is 0 Å².